The molecule has 0 spiro atoms. The second-order valence-corrected chi connectivity index (χ2v) is 5.93. The van der Waals surface area contributed by atoms with Crippen molar-refractivity contribution in [1.82, 2.24) is 19.7 Å². The maximum atomic E-state index is 9.15. The molecule has 0 saturated carbocycles. The molecule has 0 amide bonds. The van der Waals surface area contributed by atoms with Crippen LogP contribution in [0.4, 0.5) is 0 Å². The molecule has 7 nitrogen and oxygen atoms in total. The van der Waals surface area contributed by atoms with E-state index in [1.165, 1.54) is 0 Å². The Kier molecular flexibility index (Phi) is 4.61. The van der Waals surface area contributed by atoms with Gasteiger partial charge in [-0.1, -0.05) is 12.1 Å². The van der Waals surface area contributed by atoms with E-state index >= 15 is 0 Å². The number of nitriles is 2. The average molecular weight is 302 g/mol. The second-order valence-electron chi connectivity index (χ2n) is 4.31. The first-order valence-corrected chi connectivity index (χ1v) is 7.47. The third kappa shape index (κ3) is 3.06. The van der Waals surface area contributed by atoms with Crippen molar-refractivity contribution >= 4 is 11.8 Å². The van der Waals surface area contributed by atoms with Gasteiger partial charge in [0.2, 0.25) is 5.89 Å². The third-order valence-electron chi connectivity index (χ3n) is 2.93. The van der Waals surface area contributed by atoms with Crippen molar-refractivity contribution in [1.29, 1.82) is 10.5 Å². The summed E-state index contributed by atoms with van der Waals surface area (Å²) in [5.74, 6) is 2.57. The quantitative estimate of drug-likeness (QED) is 0.833. The Labute approximate surface area is 126 Å². The highest BCUT2D eigenvalue weighted by Crippen LogP contribution is 2.25. The van der Waals surface area contributed by atoms with E-state index in [9.17, 15) is 0 Å². The fourth-order valence-electron chi connectivity index (χ4n) is 1.91. The summed E-state index contributed by atoms with van der Waals surface area (Å²) in [7, 11) is 0. The van der Waals surface area contributed by atoms with Crippen molar-refractivity contribution in [3.05, 3.63) is 28.9 Å². The first kappa shape index (κ1) is 15.1. The molecule has 21 heavy (non-hydrogen) atoms. The maximum Gasteiger partial charge on any atom is 0.246 e. The van der Waals surface area contributed by atoms with Crippen LogP contribution in [0.1, 0.15) is 48.0 Å². The lowest BCUT2D eigenvalue weighted by Crippen LogP contribution is -2.05. The van der Waals surface area contributed by atoms with Gasteiger partial charge >= 0.3 is 0 Å². The number of imidazole rings is 1. The standard InChI is InChI=1S/C13H14N6OS/c1-4-21-8(2)13-17-12(20-18-13)7-19-9(3)16-10(5-14)11(19)6-15/h8H,4,7H2,1-3H3/t8-/m0/s1. The number of aryl methyl sites for hydroxylation is 1. The van der Waals surface area contributed by atoms with E-state index in [4.69, 9.17) is 15.0 Å². The fourth-order valence-corrected chi connectivity index (χ4v) is 2.65. The lowest BCUT2D eigenvalue weighted by atomic mass is 10.3. The largest absolute Gasteiger partial charge is 0.337 e. The van der Waals surface area contributed by atoms with Crippen LogP contribution < -0.4 is 0 Å². The van der Waals surface area contributed by atoms with Crippen LogP contribution in [0, 0.1) is 29.6 Å². The summed E-state index contributed by atoms with van der Waals surface area (Å²) < 4.78 is 6.82. The van der Waals surface area contributed by atoms with E-state index in [0.717, 1.165) is 5.75 Å². The highest BCUT2D eigenvalue weighted by molar-refractivity contribution is 7.99. The van der Waals surface area contributed by atoms with E-state index in [-0.39, 0.29) is 23.2 Å². The van der Waals surface area contributed by atoms with Crippen LogP contribution >= 0.6 is 11.8 Å². The van der Waals surface area contributed by atoms with Crippen molar-refractivity contribution in [3.63, 3.8) is 0 Å². The lowest BCUT2D eigenvalue weighted by molar-refractivity contribution is 0.365. The topological polar surface area (TPSA) is 104 Å². The van der Waals surface area contributed by atoms with Crippen molar-refractivity contribution in [2.24, 2.45) is 0 Å². The monoisotopic (exact) mass is 302 g/mol. The SMILES string of the molecule is CCS[C@@H](C)c1noc(Cn2c(C)nc(C#N)c2C#N)n1. The van der Waals surface area contributed by atoms with Gasteiger partial charge in [-0.15, -0.1) is 0 Å². The molecule has 0 aliphatic heterocycles. The zero-order chi connectivity index (χ0) is 15.4. The van der Waals surface area contributed by atoms with Crippen LogP contribution in [0.5, 0.6) is 0 Å². The second kappa shape index (κ2) is 6.42. The minimum Gasteiger partial charge on any atom is -0.337 e. The summed E-state index contributed by atoms with van der Waals surface area (Å²) in [6, 6.07) is 3.90. The molecule has 108 valence electrons. The van der Waals surface area contributed by atoms with Gasteiger partial charge < -0.3 is 9.09 Å². The van der Waals surface area contributed by atoms with E-state index < -0.39 is 0 Å². The number of thioether (sulfide) groups is 1. The predicted octanol–water partition coefficient (Wildman–Crippen LogP) is 2.18. The molecule has 2 heterocycles. The van der Waals surface area contributed by atoms with Gasteiger partial charge in [-0.25, -0.2) is 4.98 Å². The number of rotatable bonds is 5. The zero-order valence-electron chi connectivity index (χ0n) is 12.0. The number of nitrogens with zero attached hydrogens (tertiary/aromatic N) is 6. The highest BCUT2D eigenvalue weighted by Gasteiger charge is 2.18. The molecule has 8 heteroatoms. The number of aromatic nitrogens is 4. The molecular formula is C13H14N6OS. The zero-order valence-corrected chi connectivity index (χ0v) is 12.8. The van der Waals surface area contributed by atoms with Gasteiger partial charge in [0.15, 0.2) is 17.2 Å². The van der Waals surface area contributed by atoms with Crippen molar-refractivity contribution in [2.45, 2.75) is 32.6 Å². The highest BCUT2D eigenvalue weighted by atomic mass is 32.2. The summed E-state index contributed by atoms with van der Waals surface area (Å²) in [6.45, 7) is 6.05. The molecule has 0 aliphatic rings. The lowest BCUT2D eigenvalue weighted by Gasteiger charge is -2.03. The van der Waals surface area contributed by atoms with Crippen molar-refractivity contribution < 1.29 is 4.52 Å². The molecule has 0 aliphatic carbocycles. The van der Waals surface area contributed by atoms with Crippen molar-refractivity contribution in [3.8, 4) is 12.1 Å². The van der Waals surface area contributed by atoms with Gasteiger partial charge in [-0.05, 0) is 19.6 Å². The normalized spacial score (nSPS) is 11.9. The first-order valence-electron chi connectivity index (χ1n) is 6.42. The Morgan fingerprint density at radius 3 is 2.71 bits per heavy atom. The molecule has 2 aromatic heterocycles. The van der Waals surface area contributed by atoms with Gasteiger partial charge in [-0.3, -0.25) is 0 Å². The van der Waals surface area contributed by atoms with Crippen LogP contribution in [0.25, 0.3) is 0 Å². The van der Waals surface area contributed by atoms with E-state index in [1.807, 2.05) is 19.1 Å². The van der Waals surface area contributed by atoms with Gasteiger partial charge in [0, 0.05) is 0 Å². The summed E-state index contributed by atoms with van der Waals surface area (Å²) in [5.41, 5.74) is 0.329. The smallest absolute Gasteiger partial charge is 0.246 e. The maximum absolute atomic E-state index is 9.15. The van der Waals surface area contributed by atoms with Gasteiger partial charge in [-0.2, -0.15) is 27.3 Å². The van der Waals surface area contributed by atoms with E-state index in [0.29, 0.717) is 17.5 Å². The van der Waals surface area contributed by atoms with Crippen LogP contribution in [-0.2, 0) is 6.54 Å². The van der Waals surface area contributed by atoms with Crippen molar-refractivity contribution in [2.75, 3.05) is 5.75 Å². The molecule has 0 bridgehead atoms. The molecule has 0 N–H and O–H groups in total. The molecule has 2 rings (SSSR count). The summed E-state index contributed by atoms with van der Waals surface area (Å²) >= 11 is 1.72. The number of hydrogen-bond donors (Lipinski definition) is 0. The third-order valence-corrected chi connectivity index (χ3v) is 3.97. The Hall–Kier alpha value is -2.32. The Morgan fingerprint density at radius 1 is 1.33 bits per heavy atom. The molecular weight excluding hydrogens is 288 g/mol. The minimum absolute atomic E-state index is 0.115. The molecule has 0 fully saturated rings. The summed E-state index contributed by atoms with van der Waals surface area (Å²) in [5, 5.41) is 22.2. The van der Waals surface area contributed by atoms with Crippen LogP contribution in [0.3, 0.4) is 0 Å². The van der Waals surface area contributed by atoms with Gasteiger partial charge in [0.05, 0.1) is 5.25 Å². The Bertz CT molecular complexity index is 720. The Balaban J connectivity index is 2.26. The van der Waals surface area contributed by atoms with Crippen LogP contribution in [-0.4, -0.2) is 25.4 Å². The molecule has 1 atom stereocenters. The van der Waals surface area contributed by atoms with Crippen LogP contribution in [0.2, 0.25) is 0 Å². The molecule has 2 aromatic rings. The summed E-state index contributed by atoms with van der Waals surface area (Å²) in [4.78, 5) is 8.39. The van der Waals surface area contributed by atoms with Gasteiger partial charge in [0.1, 0.15) is 24.5 Å². The summed E-state index contributed by atoms with van der Waals surface area (Å²) in [6.07, 6.45) is 0. The van der Waals surface area contributed by atoms with E-state index in [1.54, 1.807) is 23.3 Å². The molecule has 0 saturated heterocycles. The average Bonchev–Trinajstić information content (AvgIpc) is 3.05. The minimum atomic E-state index is 0.115. The molecule has 0 unspecified atom stereocenters. The fraction of sp³-hybridized carbons (Fsp3) is 0.462. The van der Waals surface area contributed by atoms with Crippen LogP contribution in [0.15, 0.2) is 4.52 Å². The Morgan fingerprint density at radius 2 is 2.10 bits per heavy atom. The first-order chi connectivity index (χ1) is 10.1. The molecule has 0 radical (unpaired) electrons. The van der Waals surface area contributed by atoms with Gasteiger partial charge in [0.25, 0.3) is 0 Å². The molecule has 0 aromatic carbocycles. The number of hydrogen-bond acceptors (Lipinski definition) is 7. The van der Waals surface area contributed by atoms with E-state index in [2.05, 4.69) is 22.0 Å². The predicted molar refractivity (Wildman–Crippen MR) is 76.3 cm³/mol.